The number of hydrogen-bond donors (Lipinski definition) is 0. The van der Waals surface area contributed by atoms with Gasteiger partial charge in [0.15, 0.2) is 0 Å². The number of carbonyl (C=O) groups excluding carboxylic acids is 1. The Labute approximate surface area is 196 Å². The Kier molecular flexibility index (Phi) is 5.90. The highest BCUT2D eigenvalue weighted by atomic mass is 16.5. The minimum absolute atomic E-state index is 0.0790. The van der Waals surface area contributed by atoms with E-state index in [1.165, 1.54) is 27.8 Å². The lowest BCUT2D eigenvalue weighted by Crippen LogP contribution is -2.47. The van der Waals surface area contributed by atoms with E-state index in [4.69, 9.17) is 4.74 Å². The molecule has 0 amide bonds. The van der Waals surface area contributed by atoms with Gasteiger partial charge in [0.25, 0.3) is 0 Å². The van der Waals surface area contributed by atoms with Gasteiger partial charge >= 0.3 is 5.97 Å². The van der Waals surface area contributed by atoms with Crippen LogP contribution in [-0.4, -0.2) is 31.1 Å². The molecule has 1 fully saturated rings. The number of esters is 1. The van der Waals surface area contributed by atoms with Crippen molar-refractivity contribution in [2.45, 2.75) is 25.8 Å². The lowest BCUT2D eigenvalue weighted by atomic mass is 9.59. The average Bonchev–Trinajstić information content (AvgIpc) is 3.24. The maximum atomic E-state index is 13.7. The number of likely N-dealkylation sites (tertiary alicyclic amines) is 1. The zero-order chi connectivity index (χ0) is 22.8. The van der Waals surface area contributed by atoms with Gasteiger partial charge in [-0.3, -0.25) is 9.69 Å². The summed E-state index contributed by atoms with van der Waals surface area (Å²) in [6.07, 6.45) is 3.21. The Hall–Kier alpha value is -3.17. The number of hydrogen-bond acceptors (Lipinski definition) is 3. The van der Waals surface area contributed by atoms with Gasteiger partial charge in [-0.2, -0.15) is 0 Å². The second-order valence-electron chi connectivity index (χ2n) is 9.46. The lowest BCUT2D eigenvalue weighted by Gasteiger charge is -2.43. The summed E-state index contributed by atoms with van der Waals surface area (Å²) in [6.45, 7) is 4.48. The molecule has 3 atom stereocenters. The zero-order valence-electron chi connectivity index (χ0n) is 19.4. The van der Waals surface area contributed by atoms with Crippen LogP contribution in [0.2, 0.25) is 0 Å². The van der Waals surface area contributed by atoms with Crippen molar-refractivity contribution in [1.29, 1.82) is 0 Å². The molecule has 0 saturated carbocycles. The van der Waals surface area contributed by atoms with Crippen molar-refractivity contribution in [3.63, 3.8) is 0 Å². The topological polar surface area (TPSA) is 29.5 Å². The van der Waals surface area contributed by atoms with Crippen LogP contribution < -0.4 is 0 Å². The SMILES string of the molecule is COC(=O)[C@]12CN(Cc3ccccc3)C[C@H]1C(c1ccc(C)cc1)=CC[C@@H]2c1ccccc1. The van der Waals surface area contributed by atoms with Crippen LogP contribution in [0.15, 0.2) is 91.0 Å². The molecule has 1 saturated heterocycles. The van der Waals surface area contributed by atoms with Gasteiger partial charge in [-0.1, -0.05) is 96.6 Å². The van der Waals surface area contributed by atoms with E-state index in [-0.39, 0.29) is 17.8 Å². The molecule has 1 aliphatic heterocycles. The quantitative estimate of drug-likeness (QED) is 0.469. The second-order valence-corrected chi connectivity index (χ2v) is 9.46. The van der Waals surface area contributed by atoms with Crippen LogP contribution in [0.3, 0.4) is 0 Å². The number of benzene rings is 3. The van der Waals surface area contributed by atoms with Crippen LogP contribution >= 0.6 is 0 Å². The second kappa shape index (κ2) is 8.99. The molecule has 1 aliphatic carbocycles. The van der Waals surface area contributed by atoms with Crippen LogP contribution in [0.25, 0.3) is 5.57 Å². The van der Waals surface area contributed by atoms with Crippen LogP contribution in [0.1, 0.15) is 34.6 Å². The molecular formula is C30H31NO2. The van der Waals surface area contributed by atoms with E-state index >= 15 is 0 Å². The number of nitrogens with zero attached hydrogens (tertiary/aromatic N) is 1. The number of ether oxygens (including phenoxy) is 1. The zero-order valence-corrected chi connectivity index (χ0v) is 19.4. The third-order valence-corrected chi connectivity index (χ3v) is 7.52. The van der Waals surface area contributed by atoms with Crippen LogP contribution in [0.4, 0.5) is 0 Å². The van der Waals surface area contributed by atoms with Gasteiger partial charge in [0.2, 0.25) is 0 Å². The normalized spacial score (nSPS) is 24.7. The summed E-state index contributed by atoms with van der Waals surface area (Å²) in [5, 5.41) is 0. The fourth-order valence-electron chi connectivity index (χ4n) is 5.98. The third-order valence-electron chi connectivity index (χ3n) is 7.52. The van der Waals surface area contributed by atoms with Crippen molar-refractivity contribution in [2.75, 3.05) is 20.2 Å². The standard InChI is InChI=1S/C30H31NO2/c1-22-13-15-24(16-14-22)26-17-18-27(25-11-7-4-8-12-25)30(29(32)33-2)21-31(20-28(26)30)19-23-9-5-3-6-10-23/h3-17,27-28H,18-21H2,1-2H3/t27-,28+,30+/m1/s1. The van der Waals surface area contributed by atoms with E-state index in [2.05, 4.69) is 90.7 Å². The number of fused-ring (bicyclic) bond motifs is 1. The van der Waals surface area contributed by atoms with Crippen LogP contribution in [0.5, 0.6) is 0 Å². The molecule has 33 heavy (non-hydrogen) atoms. The lowest BCUT2D eigenvalue weighted by molar-refractivity contribution is -0.155. The minimum Gasteiger partial charge on any atom is -0.469 e. The molecule has 168 valence electrons. The predicted molar refractivity (Wildman–Crippen MR) is 133 cm³/mol. The van der Waals surface area contributed by atoms with E-state index in [0.717, 1.165) is 19.5 Å². The van der Waals surface area contributed by atoms with E-state index in [1.54, 1.807) is 7.11 Å². The van der Waals surface area contributed by atoms with Crippen molar-refractivity contribution in [3.8, 4) is 0 Å². The van der Waals surface area contributed by atoms with Crippen molar-refractivity contribution in [1.82, 2.24) is 4.90 Å². The smallest absolute Gasteiger partial charge is 0.314 e. The molecule has 3 nitrogen and oxygen atoms in total. The Balaban J connectivity index is 1.61. The molecule has 0 radical (unpaired) electrons. The van der Waals surface area contributed by atoms with E-state index in [9.17, 15) is 4.79 Å². The molecule has 0 spiro atoms. The first-order valence-corrected chi connectivity index (χ1v) is 11.8. The molecule has 3 aromatic carbocycles. The number of carbonyl (C=O) groups is 1. The highest BCUT2D eigenvalue weighted by Crippen LogP contribution is 2.57. The summed E-state index contributed by atoms with van der Waals surface area (Å²) in [5.74, 6) is 0.0797. The molecule has 0 aromatic heterocycles. The molecule has 1 heterocycles. The minimum atomic E-state index is -0.611. The van der Waals surface area contributed by atoms with E-state index in [1.807, 2.05) is 12.1 Å². The molecule has 3 heteroatoms. The monoisotopic (exact) mass is 437 g/mol. The average molecular weight is 438 g/mol. The number of allylic oxidation sites excluding steroid dienone is 1. The first-order chi connectivity index (χ1) is 16.1. The largest absolute Gasteiger partial charge is 0.469 e. The molecule has 2 aliphatic rings. The van der Waals surface area contributed by atoms with Gasteiger partial charge in [0.05, 0.1) is 12.5 Å². The maximum absolute atomic E-state index is 13.7. The van der Waals surface area contributed by atoms with Crippen LogP contribution in [0, 0.1) is 18.3 Å². The maximum Gasteiger partial charge on any atom is 0.314 e. The van der Waals surface area contributed by atoms with Gasteiger partial charge < -0.3 is 4.74 Å². The fourth-order valence-corrected chi connectivity index (χ4v) is 5.98. The van der Waals surface area contributed by atoms with E-state index < -0.39 is 5.41 Å². The van der Waals surface area contributed by atoms with Crippen molar-refractivity contribution < 1.29 is 9.53 Å². The molecule has 0 N–H and O–H groups in total. The van der Waals surface area contributed by atoms with Gasteiger partial charge in [-0.15, -0.1) is 0 Å². The third kappa shape index (κ3) is 3.91. The highest BCUT2D eigenvalue weighted by molar-refractivity contribution is 5.86. The Morgan fingerprint density at radius 2 is 1.61 bits per heavy atom. The molecular weight excluding hydrogens is 406 g/mol. The molecule has 5 rings (SSSR count). The first-order valence-electron chi connectivity index (χ1n) is 11.8. The molecule has 3 aromatic rings. The van der Waals surface area contributed by atoms with Gasteiger partial charge in [0, 0.05) is 31.5 Å². The Morgan fingerprint density at radius 1 is 0.939 bits per heavy atom. The van der Waals surface area contributed by atoms with Crippen molar-refractivity contribution in [2.24, 2.45) is 11.3 Å². The summed E-state index contributed by atoms with van der Waals surface area (Å²) in [4.78, 5) is 16.2. The fraction of sp³-hybridized carbons (Fsp3) is 0.300. The molecule has 0 bridgehead atoms. The van der Waals surface area contributed by atoms with E-state index in [0.29, 0.717) is 6.54 Å². The van der Waals surface area contributed by atoms with Gasteiger partial charge in [0.1, 0.15) is 0 Å². The first kappa shape index (κ1) is 21.7. The summed E-state index contributed by atoms with van der Waals surface area (Å²) < 4.78 is 5.56. The number of aryl methyl sites for hydroxylation is 1. The van der Waals surface area contributed by atoms with Crippen LogP contribution in [-0.2, 0) is 16.1 Å². The Morgan fingerprint density at radius 3 is 2.27 bits per heavy atom. The number of rotatable bonds is 5. The van der Waals surface area contributed by atoms with Gasteiger partial charge in [-0.05, 0) is 35.6 Å². The Bertz CT molecular complexity index is 1140. The van der Waals surface area contributed by atoms with Gasteiger partial charge in [-0.25, -0.2) is 0 Å². The summed E-state index contributed by atoms with van der Waals surface area (Å²) in [5.41, 5.74) is 5.62. The number of methoxy groups -OCH3 is 1. The summed E-state index contributed by atoms with van der Waals surface area (Å²) >= 11 is 0. The predicted octanol–water partition coefficient (Wildman–Crippen LogP) is 5.86. The summed E-state index contributed by atoms with van der Waals surface area (Å²) in [6, 6.07) is 29.8. The molecule has 0 unspecified atom stereocenters. The highest BCUT2D eigenvalue weighted by Gasteiger charge is 2.60. The summed E-state index contributed by atoms with van der Waals surface area (Å²) in [7, 11) is 1.54. The van der Waals surface area contributed by atoms with Crippen molar-refractivity contribution >= 4 is 11.5 Å². The van der Waals surface area contributed by atoms with Crippen molar-refractivity contribution in [3.05, 3.63) is 113 Å².